The maximum atomic E-state index is 7.62. The summed E-state index contributed by atoms with van der Waals surface area (Å²) in [4.78, 5) is 0. The summed E-state index contributed by atoms with van der Waals surface area (Å²) in [5.41, 5.74) is 0. The molecule has 0 amide bonds. The van der Waals surface area contributed by atoms with E-state index in [-0.39, 0.29) is 51.0 Å². The fourth-order valence-electron chi connectivity index (χ4n) is 0.740. The van der Waals surface area contributed by atoms with Crippen LogP contribution >= 0.6 is 0 Å². The van der Waals surface area contributed by atoms with E-state index < -0.39 is 0 Å². The van der Waals surface area contributed by atoms with E-state index in [2.05, 4.69) is 27.7 Å². The van der Waals surface area contributed by atoms with Gasteiger partial charge in [-0.2, -0.15) is 0 Å². The van der Waals surface area contributed by atoms with Crippen molar-refractivity contribution in [2.24, 2.45) is 11.8 Å². The van der Waals surface area contributed by atoms with Crippen LogP contribution in [0, 0.1) is 11.8 Å². The van der Waals surface area contributed by atoms with Crippen molar-refractivity contribution in [3.8, 4) is 0 Å². The first kappa shape index (κ1) is 22.3. The molecule has 4 heteroatoms. The van der Waals surface area contributed by atoms with Gasteiger partial charge in [-0.1, -0.05) is 27.7 Å². The van der Waals surface area contributed by atoms with Crippen LogP contribution < -0.4 is 0 Å². The van der Waals surface area contributed by atoms with E-state index in [0.29, 0.717) is 0 Å². The summed E-state index contributed by atoms with van der Waals surface area (Å²) in [6.07, 6.45) is 2.39. The van der Waals surface area contributed by atoms with E-state index in [4.69, 9.17) is 14.9 Å². The van der Waals surface area contributed by atoms with Crippen LogP contribution in [0.3, 0.4) is 0 Å². The number of ether oxygens (including phenoxy) is 1. The van der Waals surface area contributed by atoms with Crippen LogP contribution in [-0.4, -0.2) is 74.4 Å². The summed E-state index contributed by atoms with van der Waals surface area (Å²) in [6.45, 7) is 10.5. The Kier molecular flexibility index (Phi) is 25.8. The Morgan fingerprint density at radius 1 is 0.812 bits per heavy atom. The molecule has 0 rings (SSSR count). The number of aliphatic hydroxyl groups is 2. The Bertz CT molecular complexity index is 96.4. The molecule has 2 N–H and O–H groups in total. The molecule has 0 aliphatic carbocycles. The molecule has 0 heterocycles. The van der Waals surface area contributed by atoms with Crippen molar-refractivity contribution in [2.75, 3.05) is 26.4 Å². The second-order valence-electron chi connectivity index (χ2n) is 4.42. The molecule has 98 valence electrons. The molecule has 0 aliphatic rings. The van der Waals surface area contributed by atoms with Crippen LogP contribution in [0.2, 0.25) is 0 Å². The van der Waals surface area contributed by atoms with Gasteiger partial charge in [0, 0.05) is 13.2 Å². The van der Waals surface area contributed by atoms with Gasteiger partial charge in [-0.25, -0.2) is 0 Å². The molecule has 16 heavy (non-hydrogen) atoms. The van der Waals surface area contributed by atoms with Crippen molar-refractivity contribution in [2.45, 2.75) is 40.5 Å². The van der Waals surface area contributed by atoms with Gasteiger partial charge >= 0.3 is 37.7 Å². The standard InChI is InChI=1S/C10H22O.C2H6O2.Ca.2H/c1-9(2)5-7-11-8-6-10(3)4;3-1-2-4;;;/h9-10H,5-8H2,1-4H3;3-4H,1-2H2;;;. The molecule has 0 saturated carbocycles. The molecule has 0 atom stereocenters. The summed E-state index contributed by atoms with van der Waals surface area (Å²) in [5, 5.41) is 15.2. The normalized spacial score (nSPS) is 9.75. The molecule has 0 radical (unpaired) electrons. The van der Waals surface area contributed by atoms with Gasteiger partial charge in [0.2, 0.25) is 0 Å². The van der Waals surface area contributed by atoms with Crippen LogP contribution in [-0.2, 0) is 4.74 Å². The SMILES string of the molecule is CC(C)CCOCCC(C)C.OCCO.[CaH2]. The van der Waals surface area contributed by atoms with Gasteiger partial charge in [-0.3, -0.25) is 0 Å². The summed E-state index contributed by atoms with van der Waals surface area (Å²) in [7, 11) is 0. The molecule has 0 bridgehead atoms. The molecule has 0 unspecified atom stereocenters. The molecule has 3 nitrogen and oxygen atoms in total. The van der Waals surface area contributed by atoms with E-state index in [1.807, 2.05) is 0 Å². The zero-order chi connectivity index (χ0) is 12.1. The zero-order valence-corrected chi connectivity index (χ0v) is 10.7. The molecule has 0 saturated heterocycles. The van der Waals surface area contributed by atoms with Crippen molar-refractivity contribution in [1.29, 1.82) is 0 Å². The van der Waals surface area contributed by atoms with Gasteiger partial charge in [-0.05, 0) is 24.7 Å². The van der Waals surface area contributed by atoms with Crippen molar-refractivity contribution in [1.82, 2.24) is 0 Å². The quantitative estimate of drug-likeness (QED) is 0.534. The molecule has 0 aromatic carbocycles. The Labute approximate surface area is 131 Å². The van der Waals surface area contributed by atoms with Crippen LogP contribution in [0.15, 0.2) is 0 Å². The Morgan fingerprint density at radius 3 is 1.31 bits per heavy atom. The van der Waals surface area contributed by atoms with Crippen LogP contribution in [0.1, 0.15) is 40.5 Å². The molecular formula is C12H30CaO3. The van der Waals surface area contributed by atoms with E-state index in [9.17, 15) is 0 Å². The predicted octanol–water partition coefficient (Wildman–Crippen LogP) is 1.15. The second-order valence-corrected chi connectivity index (χ2v) is 4.42. The maximum absolute atomic E-state index is 7.62. The molecule has 0 spiro atoms. The summed E-state index contributed by atoms with van der Waals surface area (Å²) >= 11 is 0. The number of hydrogen-bond donors (Lipinski definition) is 2. The second kappa shape index (κ2) is 18.5. The summed E-state index contributed by atoms with van der Waals surface area (Å²) in [6, 6.07) is 0. The topological polar surface area (TPSA) is 49.7 Å². The fourth-order valence-corrected chi connectivity index (χ4v) is 0.740. The first-order valence-electron chi connectivity index (χ1n) is 5.84. The third-order valence-electron chi connectivity index (χ3n) is 1.78. The van der Waals surface area contributed by atoms with Gasteiger partial charge in [0.15, 0.2) is 0 Å². The van der Waals surface area contributed by atoms with Gasteiger partial charge in [-0.15, -0.1) is 0 Å². The third kappa shape index (κ3) is 29.4. The van der Waals surface area contributed by atoms with Crippen LogP contribution in [0.25, 0.3) is 0 Å². The number of hydrogen-bond acceptors (Lipinski definition) is 3. The Balaban J connectivity index is -0.000000292. The minimum atomic E-state index is -0.125. The molecule has 0 aromatic heterocycles. The molecule has 0 aliphatic heterocycles. The summed E-state index contributed by atoms with van der Waals surface area (Å²) < 4.78 is 5.46. The van der Waals surface area contributed by atoms with E-state index in [0.717, 1.165) is 25.0 Å². The van der Waals surface area contributed by atoms with E-state index in [1.54, 1.807) is 0 Å². The average Bonchev–Trinajstić information content (AvgIpc) is 2.17. The Hall–Kier alpha value is 1.14. The average molecular weight is 262 g/mol. The Morgan fingerprint density at radius 2 is 1.12 bits per heavy atom. The van der Waals surface area contributed by atoms with Crippen molar-refractivity contribution >= 4 is 37.7 Å². The first-order valence-corrected chi connectivity index (χ1v) is 5.84. The third-order valence-corrected chi connectivity index (χ3v) is 1.78. The van der Waals surface area contributed by atoms with Gasteiger partial charge in [0.25, 0.3) is 0 Å². The molecule has 0 aromatic rings. The first-order chi connectivity index (χ1) is 7.04. The van der Waals surface area contributed by atoms with Crippen molar-refractivity contribution in [3.63, 3.8) is 0 Å². The van der Waals surface area contributed by atoms with Crippen molar-refractivity contribution in [3.05, 3.63) is 0 Å². The monoisotopic (exact) mass is 262 g/mol. The molecule has 0 fully saturated rings. The van der Waals surface area contributed by atoms with Gasteiger partial charge in [0.1, 0.15) is 0 Å². The van der Waals surface area contributed by atoms with E-state index in [1.165, 1.54) is 12.8 Å². The summed E-state index contributed by atoms with van der Waals surface area (Å²) in [5.74, 6) is 1.54. The predicted molar refractivity (Wildman–Crippen MR) is 72.4 cm³/mol. The zero-order valence-electron chi connectivity index (χ0n) is 10.7. The van der Waals surface area contributed by atoms with E-state index >= 15 is 0 Å². The van der Waals surface area contributed by atoms with Crippen LogP contribution in [0.4, 0.5) is 0 Å². The number of rotatable bonds is 7. The minimum absolute atomic E-state index is 0. The van der Waals surface area contributed by atoms with Crippen LogP contribution in [0.5, 0.6) is 0 Å². The van der Waals surface area contributed by atoms with Gasteiger partial charge < -0.3 is 14.9 Å². The molecular weight excluding hydrogens is 232 g/mol. The van der Waals surface area contributed by atoms with Crippen molar-refractivity contribution < 1.29 is 14.9 Å². The van der Waals surface area contributed by atoms with Gasteiger partial charge in [0.05, 0.1) is 13.2 Å². The number of aliphatic hydroxyl groups excluding tert-OH is 2. The fraction of sp³-hybridized carbons (Fsp3) is 1.00.